The van der Waals surface area contributed by atoms with Crippen LogP contribution in [0, 0.1) is 13.8 Å². The fourth-order valence-electron chi connectivity index (χ4n) is 3.67. The van der Waals surface area contributed by atoms with Crippen molar-refractivity contribution in [2.24, 2.45) is 0 Å². The van der Waals surface area contributed by atoms with Gasteiger partial charge in [0.05, 0.1) is 28.0 Å². The van der Waals surface area contributed by atoms with Crippen molar-refractivity contribution in [3.05, 3.63) is 89.4 Å². The molecule has 2 aromatic heterocycles. The molecular weight excluding hydrogens is 391 g/mol. The zero-order valence-corrected chi connectivity index (χ0v) is 16.3. The molecule has 0 fully saturated rings. The quantitative estimate of drug-likeness (QED) is 0.457. The number of aromatic nitrogens is 2. The summed E-state index contributed by atoms with van der Waals surface area (Å²) in [5, 5.41) is 3.72. The molecule has 0 bridgehead atoms. The summed E-state index contributed by atoms with van der Waals surface area (Å²) in [6.45, 7) is 3.31. The van der Waals surface area contributed by atoms with Gasteiger partial charge in [-0.25, -0.2) is 0 Å². The van der Waals surface area contributed by atoms with Crippen LogP contribution in [0.15, 0.2) is 66.9 Å². The van der Waals surface area contributed by atoms with Gasteiger partial charge in [-0.1, -0.05) is 30.3 Å². The molecular formula is C23H18F3N3O. The van der Waals surface area contributed by atoms with Crippen molar-refractivity contribution in [2.75, 3.05) is 5.32 Å². The number of nitrogens with zero attached hydrogens (tertiary/aromatic N) is 2. The van der Waals surface area contributed by atoms with Crippen LogP contribution in [0.2, 0.25) is 0 Å². The summed E-state index contributed by atoms with van der Waals surface area (Å²) in [7, 11) is 0. The van der Waals surface area contributed by atoms with E-state index in [4.69, 9.17) is 0 Å². The second kappa shape index (κ2) is 7.33. The van der Waals surface area contributed by atoms with Gasteiger partial charge in [-0.3, -0.25) is 9.78 Å². The van der Waals surface area contributed by atoms with E-state index in [2.05, 4.69) is 10.3 Å². The van der Waals surface area contributed by atoms with Gasteiger partial charge in [0.25, 0.3) is 5.91 Å². The molecule has 4 nitrogen and oxygen atoms in total. The average molecular weight is 409 g/mol. The maximum absolute atomic E-state index is 13.5. The first-order valence-electron chi connectivity index (χ1n) is 9.28. The Labute approximate surface area is 171 Å². The maximum Gasteiger partial charge on any atom is 0.418 e. The third kappa shape index (κ3) is 3.43. The molecule has 0 radical (unpaired) electrons. The van der Waals surface area contributed by atoms with E-state index in [1.54, 1.807) is 44.3 Å². The van der Waals surface area contributed by atoms with E-state index < -0.39 is 17.6 Å². The third-order valence-corrected chi connectivity index (χ3v) is 5.01. The summed E-state index contributed by atoms with van der Waals surface area (Å²) < 4.78 is 42.0. The summed E-state index contributed by atoms with van der Waals surface area (Å²) in [5.41, 5.74) is 1.68. The molecule has 4 rings (SSSR count). The minimum Gasteiger partial charge on any atom is -0.320 e. The number of halogens is 3. The number of carbonyl (C=O) groups is 1. The minimum absolute atomic E-state index is 0.00845. The van der Waals surface area contributed by atoms with Crippen LogP contribution in [0.5, 0.6) is 0 Å². The second-order valence-electron chi connectivity index (χ2n) is 6.97. The van der Waals surface area contributed by atoms with Crippen molar-refractivity contribution >= 4 is 22.5 Å². The number of hydrogen-bond donors (Lipinski definition) is 1. The lowest BCUT2D eigenvalue weighted by Gasteiger charge is -2.17. The Kier molecular flexibility index (Phi) is 4.81. The fourth-order valence-corrected chi connectivity index (χ4v) is 3.67. The third-order valence-electron chi connectivity index (χ3n) is 5.01. The lowest BCUT2D eigenvalue weighted by Crippen LogP contribution is -2.15. The second-order valence-corrected chi connectivity index (χ2v) is 6.97. The lowest BCUT2D eigenvalue weighted by molar-refractivity contribution is -0.137. The number of anilines is 1. The molecule has 0 unspecified atom stereocenters. The molecule has 4 aromatic rings. The monoisotopic (exact) mass is 409 g/mol. The molecule has 0 aliphatic rings. The summed E-state index contributed by atoms with van der Waals surface area (Å²) in [6.07, 6.45) is -2.87. The molecule has 1 amide bonds. The van der Waals surface area contributed by atoms with E-state index in [0.29, 0.717) is 28.2 Å². The number of para-hydroxylation sites is 2. The van der Waals surface area contributed by atoms with E-state index in [1.807, 2.05) is 18.2 Å². The van der Waals surface area contributed by atoms with Crippen molar-refractivity contribution in [2.45, 2.75) is 20.0 Å². The van der Waals surface area contributed by atoms with Crippen LogP contribution < -0.4 is 5.32 Å². The molecule has 0 saturated heterocycles. The molecule has 2 aromatic carbocycles. The van der Waals surface area contributed by atoms with E-state index in [0.717, 1.165) is 11.5 Å². The first-order chi connectivity index (χ1) is 14.3. The fraction of sp³-hybridized carbons (Fsp3) is 0.130. The van der Waals surface area contributed by atoms with Crippen LogP contribution in [0.3, 0.4) is 0 Å². The number of alkyl halides is 3. The average Bonchev–Trinajstić information content (AvgIpc) is 3.01. The molecule has 2 heterocycles. The molecule has 30 heavy (non-hydrogen) atoms. The van der Waals surface area contributed by atoms with Gasteiger partial charge in [0.1, 0.15) is 0 Å². The number of carbonyl (C=O) groups excluding carboxylic acids is 1. The van der Waals surface area contributed by atoms with Gasteiger partial charge in [-0.2, -0.15) is 13.2 Å². The van der Waals surface area contributed by atoms with Crippen molar-refractivity contribution in [1.82, 2.24) is 9.55 Å². The number of fused-ring (bicyclic) bond motifs is 1. The van der Waals surface area contributed by atoms with Gasteiger partial charge in [-0.15, -0.1) is 0 Å². The van der Waals surface area contributed by atoms with Crippen LogP contribution in [0.4, 0.5) is 18.9 Å². The van der Waals surface area contributed by atoms with Crippen LogP contribution in [0.25, 0.3) is 16.6 Å². The molecule has 0 aliphatic heterocycles. The molecule has 0 atom stereocenters. The first-order valence-corrected chi connectivity index (χ1v) is 9.28. The van der Waals surface area contributed by atoms with Gasteiger partial charge in [0, 0.05) is 23.0 Å². The summed E-state index contributed by atoms with van der Waals surface area (Å²) in [6, 6.07) is 16.1. The van der Waals surface area contributed by atoms with Gasteiger partial charge >= 0.3 is 6.18 Å². The minimum atomic E-state index is -4.50. The Morgan fingerprint density at radius 3 is 2.50 bits per heavy atom. The number of benzene rings is 2. The topological polar surface area (TPSA) is 46.9 Å². The zero-order valence-electron chi connectivity index (χ0n) is 16.3. The highest BCUT2D eigenvalue weighted by Crippen LogP contribution is 2.35. The van der Waals surface area contributed by atoms with E-state index in [1.165, 1.54) is 16.7 Å². The Balaban J connectivity index is 1.75. The van der Waals surface area contributed by atoms with E-state index in [-0.39, 0.29) is 5.69 Å². The molecule has 0 spiro atoms. The predicted molar refractivity (Wildman–Crippen MR) is 110 cm³/mol. The maximum atomic E-state index is 13.5. The van der Waals surface area contributed by atoms with Crippen LogP contribution in [-0.4, -0.2) is 15.5 Å². The number of rotatable bonds is 3. The predicted octanol–water partition coefficient (Wildman–Crippen LogP) is 5.91. The van der Waals surface area contributed by atoms with Crippen LogP contribution >= 0.6 is 0 Å². The van der Waals surface area contributed by atoms with E-state index >= 15 is 0 Å². The molecule has 0 aliphatic carbocycles. The van der Waals surface area contributed by atoms with Crippen molar-refractivity contribution < 1.29 is 18.0 Å². The largest absolute Gasteiger partial charge is 0.418 e. The highest BCUT2D eigenvalue weighted by molar-refractivity contribution is 6.09. The number of nitrogens with one attached hydrogen (secondary N) is 1. The SMILES string of the molecule is Cc1cc(C(=O)Nc2cccc3cccnc23)c(C)n1-c1ccccc1C(F)(F)F. The van der Waals surface area contributed by atoms with Gasteiger partial charge in [0.2, 0.25) is 0 Å². The number of amides is 1. The normalized spacial score (nSPS) is 11.6. The molecule has 152 valence electrons. The van der Waals surface area contributed by atoms with Crippen molar-refractivity contribution in [3.8, 4) is 5.69 Å². The number of hydrogen-bond acceptors (Lipinski definition) is 2. The first kappa shape index (κ1) is 19.7. The summed E-state index contributed by atoms with van der Waals surface area (Å²) in [5.74, 6) is -0.406. The zero-order chi connectivity index (χ0) is 21.5. The van der Waals surface area contributed by atoms with Gasteiger partial charge < -0.3 is 9.88 Å². The molecule has 7 heteroatoms. The Morgan fingerprint density at radius 2 is 1.73 bits per heavy atom. The van der Waals surface area contributed by atoms with E-state index in [9.17, 15) is 18.0 Å². The van der Waals surface area contributed by atoms with Crippen molar-refractivity contribution in [1.29, 1.82) is 0 Å². The highest BCUT2D eigenvalue weighted by atomic mass is 19.4. The van der Waals surface area contributed by atoms with Gasteiger partial charge in [-0.05, 0) is 44.2 Å². The highest BCUT2D eigenvalue weighted by Gasteiger charge is 2.34. The number of aryl methyl sites for hydroxylation is 1. The summed E-state index contributed by atoms with van der Waals surface area (Å²) in [4.78, 5) is 17.3. The summed E-state index contributed by atoms with van der Waals surface area (Å²) >= 11 is 0. The van der Waals surface area contributed by atoms with Crippen LogP contribution in [0.1, 0.15) is 27.3 Å². The van der Waals surface area contributed by atoms with Gasteiger partial charge in [0.15, 0.2) is 0 Å². The Morgan fingerprint density at radius 1 is 1.00 bits per heavy atom. The number of pyridine rings is 1. The standard InChI is InChI=1S/C23H18F3N3O/c1-14-13-17(15(2)29(14)20-11-4-3-9-18(20)23(24,25)26)22(30)28-19-10-5-7-16-8-6-12-27-21(16)19/h3-13H,1-2H3,(H,28,30). The smallest absolute Gasteiger partial charge is 0.320 e. The molecule has 0 saturated carbocycles. The Hall–Kier alpha value is -3.61. The van der Waals surface area contributed by atoms with Crippen LogP contribution in [-0.2, 0) is 6.18 Å². The lowest BCUT2D eigenvalue weighted by atomic mass is 10.1. The Bertz CT molecular complexity index is 1250. The molecule has 1 N–H and O–H groups in total. The van der Waals surface area contributed by atoms with Crippen molar-refractivity contribution in [3.63, 3.8) is 0 Å².